The third-order valence-electron chi connectivity index (χ3n) is 3.16. The number of anilines is 1. The van der Waals surface area contributed by atoms with Gasteiger partial charge >= 0.3 is 12.0 Å². The van der Waals surface area contributed by atoms with Crippen molar-refractivity contribution < 1.29 is 19.4 Å². The topological polar surface area (TPSA) is 101 Å². The van der Waals surface area contributed by atoms with E-state index >= 15 is 0 Å². The van der Waals surface area contributed by atoms with Crippen LogP contribution in [0.1, 0.15) is 17.5 Å². The maximum atomic E-state index is 11.8. The fraction of sp³-hybridized carbons (Fsp3) is 0.583. The lowest BCUT2D eigenvalue weighted by Gasteiger charge is -2.15. The van der Waals surface area contributed by atoms with Gasteiger partial charge in [-0.1, -0.05) is 6.92 Å². The number of aromatic nitrogens is 1. The van der Waals surface area contributed by atoms with Crippen LogP contribution in [-0.2, 0) is 16.0 Å². The first-order chi connectivity index (χ1) is 9.51. The summed E-state index contributed by atoms with van der Waals surface area (Å²) in [5, 5.41) is 14.8. The van der Waals surface area contributed by atoms with Crippen LogP contribution in [0, 0.1) is 12.8 Å². The molecular formula is C12H17N3O4S. The highest BCUT2D eigenvalue weighted by Crippen LogP contribution is 2.22. The van der Waals surface area contributed by atoms with E-state index in [0.29, 0.717) is 5.13 Å². The summed E-state index contributed by atoms with van der Waals surface area (Å²) in [6.07, 6.45) is 0.809. The maximum Gasteiger partial charge on any atom is 0.321 e. The van der Waals surface area contributed by atoms with Gasteiger partial charge in [0.15, 0.2) is 5.13 Å². The van der Waals surface area contributed by atoms with E-state index in [2.05, 4.69) is 15.6 Å². The van der Waals surface area contributed by atoms with Crippen LogP contribution in [0.3, 0.4) is 0 Å². The predicted octanol–water partition coefficient (Wildman–Crippen LogP) is 1.24. The Kier molecular flexibility index (Phi) is 4.56. The molecule has 2 atom stereocenters. The molecule has 20 heavy (non-hydrogen) atoms. The van der Waals surface area contributed by atoms with Gasteiger partial charge in [0.25, 0.3) is 0 Å². The van der Waals surface area contributed by atoms with Crippen molar-refractivity contribution in [2.24, 2.45) is 5.92 Å². The number of carboxylic acid groups (broad SMARTS) is 1. The van der Waals surface area contributed by atoms with Crippen molar-refractivity contribution in [3.63, 3.8) is 0 Å². The zero-order valence-corrected chi connectivity index (χ0v) is 12.1. The van der Waals surface area contributed by atoms with Crippen LogP contribution >= 0.6 is 11.3 Å². The molecule has 3 N–H and O–H groups in total. The summed E-state index contributed by atoms with van der Waals surface area (Å²) < 4.78 is 5.09. The summed E-state index contributed by atoms with van der Waals surface area (Å²) >= 11 is 1.40. The summed E-state index contributed by atoms with van der Waals surface area (Å²) in [5.74, 6) is -1.67. The van der Waals surface area contributed by atoms with Crippen molar-refractivity contribution in [2.75, 3.05) is 18.5 Å². The molecule has 0 bridgehead atoms. The maximum absolute atomic E-state index is 11.8. The Labute approximate surface area is 120 Å². The average molecular weight is 299 g/mol. The number of hydrogen-bond donors (Lipinski definition) is 3. The molecule has 2 amide bonds. The minimum Gasteiger partial charge on any atom is -0.481 e. The largest absolute Gasteiger partial charge is 0.481 e. The number of rotatable bonds is 4. The molecule has 110 valence electrons. The number of aliphatic carboxylic acids is 1. The smallest absolute Gasteiger partial charge is 0.321 e. The number of aryl methyl sites for hydroxylation is 2. The van der Waals surface area contributed by atoms with Gasteiger partial charge in [-0.25, -0.2) is 9.78 Å². The number of urea groups is 1. The quantitative estimate of drug-likeness (QED) is 0.776. The van der Waals surface area contributed by atoms with Crippen LogP contribution < -0.4 is 10.6 Å². The highest BCUT2D eigenvalue weighted by Gasteiger charge is 2.35. The zero-order chi connectivity index (χ0) is 14.7. The molecule has 8 heteroatoms. The molecule has 2 heterocycles. The van der Waals surface area contributed by atoms with Crippen LogP contribution in [0.25, 0.3) is 0 Å². The number of thiazole rings is 1. The average Bonchev–Trinajstić information content (AvgIpc) is 2.95. The van der Waals surface area contributed by atoms with Crippen molar-refractivity contribution in [3.05, 3.63) is 10.6 Å². The summed E-state index contributed by atoms with van der Waals surface area (Å²) in [7, 11) is 0. The first-order valence-corrected chi connectivity index (χ1v) is 7.17. The zero-order valence-electron chi connectivity index (χ0n) is 11.3. The second-order valence-electron chi connectivity index (χ2n) is 4.56. The van der Waals surface area contributed by atoms with Gasteiger partial charge in [-0.15, -0.1) is 11.3 Å². The third-order valence-corrected chi connectivity index (χ3v) is 4.09. The summed E-state index contributed by atoms with van der Waals surface area (Å²) in [5.41, 5.74) is 0.956. The van der Waals surface area contributed by atoms with Crippen LogP contribution in [0.2, 0.25) is 0 Å². The molecule has 1 aromatic rings. The minimum absolute atomic E-state index is 0.122. The van der Waals surface area contributed by atoms with Gasteiger partial charge in [-0.05, 0) is 13.3 Å². The Morgan fingerprint density at radius 3 is 2.85 bits per heavy atom. The van der Waals surface area contributed by atoms with Gasteiger partial charge in [0.1, 0.15) is 5.92 Å². The van der Waals surface area contributed by atoms with E-state index in [0.717, 1.165) is 17.0 Å². The molecule has 2 rings (SSSR count). The molecule has 1 fully saturated rings. The van der Waals surface area contributed by atoms with Gasteiger partial charge in [0.2, 0.25) is 0 Å². The second-order valence-corrected chi connectivity index (χ2v) is 5.77. The molecular weight excluding hydrogens is 282 g/mol. The number of nitrogens with zero attached hydrogens (tertiary/aromatic N) is 1. The van der Waals surface area contributed by atoms with E-state index in [1.807, 2.05) is 13.8 Å². The van der Waals surface area contributed by atoms with E-state index in [9.17, 15) is 9.59 Å². The first kappa shape index (κ1) is 14.7. The number of carbonyl (C=O) groups is 2. The Hall–Kier alpha value is -1.67. The van der Waals surface area contributed by atoms with Crippen LogP contribution in [0.4, 0.5) is 9.93 Å². The standard InChI is InChI=1S/C12H17N3O4S/c1-3-8-6(2)20-12(14-8)15-11(18)13-9-5-19-4-7(9)10(16)17/h7,9H,3-5H2,1-2H3,(H,16,17)(H2,13,14,15,18). The van der Waals surface area contributed by atoms with Crippen molar-refractivity contribution >= 4 is 28.5 Å². The Balaban J connectivity index is 1.93. The summed E-state index contributed by atoms with van der Waals surface area (Å²) in [6.45, 7) is 4.28. The Morgan fingerprint density at radius 2 is 2.25 bits per heavy atom. The molecule has 1 aliphatic rings. The van der Waals surface area contributed by atoms with Crippen molar-refractivity contribution in [1.29, 1.82) is 0 Å². The van der Waals surface area contributed by atoms with Crippen molar-refractivity contribution in [3.8, 4) is 0 Å². The third kappa shape index (κ3) is 3.26. The molecule has 0 spiro atoms. The highest BCUT2D eigenvalue weighted by atomic mass is 32.1. The number of carboxylic acids is 1. The van der Waals surface area contributed by atoms with Crippen molar-refractivity contribution in [2.45, 2.75) is 26.3 Å². The van der Waals surface area contributed by atoms with E-state index in [1.54, 1.807) is 0 Å². The molecule has 1 aliphatic heterocycles. The summed E-state index contributed by atoms with van der Waals surface area (Å²) in [6, 6.07) is -0.970. The van der Waals surface area contributed by atoms with Crippen LogP contribution in [0.5, 0.6) is 0 Å². The van der Waals surface area contributed by atoms with Gasteiger partial charge < -0.3 is 15.2 Å². The Morgan fingerprint density at radius 1 is 1.50 bits per heavy atom. The van der Waals surface area contributed by atoms with Gasteiger partial charge in [0.05, 0.1) is 24.9 Å². The number of carbonyl (C=O) groups excluding carboxylic acids is 1. The van der Waals surface area contributed by atoms with E-state index in [1.165, 1.54) is 11.3 Å². The normalized spacial score (nSPS) is 21.7. The lowest BCUT2D eigenvalue weighted by Crippen LogP contribution is -2.44. The molecule has 0 aromatic carbocycles. The monoisotopic (exact) mass is 299 g/mol. The van der Waals surface area contributed by atoms with E-state index in [4.69, 9.17) is 9.84 Å². The van der Waals surface area contributed by atoms with Crippen molar-refractivity contribution in [1.82, 2.24) is 10.3 Å². The number of hydrogen-bond acceptors (Lipinski definition) is 5. The summed E-state index contributed by atoms with van der Waals surface area (Å²) in [4.78, 5) is 28.2. The fourth-order valence-corrected chi connectivity index (χ4v) is 2.95. The number of ether oxygens (including phenoxy) is 1. The Bertz CT molecular complexity index is 517. The van der Waals surface area contributed by atoms with Gasteiger partial charge in [0, 0.05) is 4.88 Å². The number of nitrogens with one attached hydrogen (secondary N) is 2. The predicted molar refractivity (Wildman–Crippen MR) is 74.1 cm³/mol. The lowest BCUT2D eigenvalue weighted by molar-refractivity contribution is -0.142. The minimum atomic E-state index is -0.967. The van der Waals surface area contributed by atoms with Crippen LogP contribution in [0.15, 0.2) is 0 Å². The SMILES string of the molecule is CCc1nc(NC(=O)NC2COCC2C(=O)O)sc1C. The molecule has 1 aromatic heterocycles. The molecule has 1 saturated heterocycles. The van der Waals surface area contributed by atoms with Crippen LogP contribution in [-0.4, -0.2) is 41.3 Å². The van der Waals surface area contributed by atoms with E-state index < -0.39 is 24.0 Å². The molecule has 0 aliphatic carbocycles. The molecule has 0 saturated carbocycles. The highest BCUT2D eigenvalue weighted by molar-refractivity contribution is 7.15. The molecule has 2 unspecified atom stereocenters. The van der Waals surface area contributed by atoms with Gasteiger partial charge in [-0.2, -0.15) is 0 Å². The molecule has 0 radical (unpaired) electrons. The van der Waals surface area contributed by atoms with Gasteiger partial charge in [-0.3, -0.25) is 10.1 Å². The lowest BCUT2D eigenvalue weighted by atomic mass is 10.0. The first-order valence-electron chi connectivity index (χ1n) is 6.35. The second kappa shape index (κ2) is 6.19. The fourth-order valence-electron chi connectivity index (χ4n) is 2.05. The number of amides is 2. The molecule has 7 nitrogen and oxygen atoms in total. The van der Waals surface area contributed by atoms with E-state index in [-0.39, 0.29) is 13.2 Å².